The van der Waals surface area contributed by atoms with Gasteiger partial charge in [0.25, 0.3) is 5.91 Å². The Morgan fingerprint density at radius 2 is 1.91 bits per heavy atom. The molecule has 2 amide bonds. The normalized spacial score (nSPS) is 17.0. The molecule has 2 heterocycles. The van der Waals surface area contributed by atoms with Crippen molar-refractivity contribution in [1.29, 1.82) is 0 Å². The van der Waals surface area contributed by atoms with Crippen molar-refractivity contribution in [3.05, 3.63) is 81.8 Å². The first-order valence-electron chi connectivity index (χ1n) is 11.7. The summed E-state index contributed by atoms with van der Waals surface area (Å²) in [4.78, 5) is 31.4. The van der Waals surface area contributed by atoms with Gasteiger partial charge in [0.05, 0.1) is 13.2 Å². The molecule has 1 aliphatic heterocycles. The summed E-state index contributed by atoms with van der Waals surface area (Å²) >= 11 is 1.69. The van der Waals surface area contributed by atoms with Crippen molar-refractivity contribution in [1.82, 2.24) is 9.80 Å². The van der Waals surface area contributed by atoms with E-state index in [1.165, 1.54) is 23.1 Å². The van der Waals surface area contributed by atoms with E-state index in [1.807, 2.05) is 34.5 Å². The summed E-state index contributed by atoms with van der Waals surface area (Å²) in [6, 6.07) is 14.8. The molecule has 0 unspecified atom stereocenters. The number of carbonyl (C=O) groups is 2. The highest BCUT2D eigenvalue weighted by molar-refractivity contribution is 7.10. The zero-order valence-corrected chi connectivity index (χ0v) is 20.3. The van der Waals surface area contributed by atoms with Crippen LogP contribution in [0.2, 0.25) is 0 Å². The number of carbonyl (C=O) groups excluding carboxylic acids is 2. The molecule has 0 saturated heterocycles. The van der Waals surface area contributed by atoms with Crippen LogP contribution in [0.3, 0.4) is 0 Å². The lowest BCUT2D eigenvalue weighted by Gasteiger charge is -2.37. The summed E-state index contributed by atoms with van der Waals surface area (Å²) in [5.74, 6) is 0.468. The van der Waals surface area contributed by atoms with Gasteiger partial charge in [-0.25, -0.2) is 4.39 Å². The number of hydrogen-bond acceptors (Lipinski definition) is 5. The summed E-state index contributed by atoms with van der Waals surface area (Å²) in [5.41, 5.74) is 1.35. The van der Waals surface area contributed by atoms with Crippen LogP contribution in [0.15, 0.2) is 60.0 Å². The molecule has 3 aromatic rings. The number of benzene rings is 2. The second-order valence-electron chi connectivity index (χ2n) is 8.82. The third-order valence-corrected chi connectivity index (χ3v) is 7.49. The standard InChI is InChI=1S/C27H27FN2O4S/c1-33-21-6-3-7-22(15-21)34-17-24-23-11-13-35-25(23)10-12-29(24)26(31)16-30(20-8-9-20)27(32)18-4-2-5-19(28)14-18/h2-7,11,13-15,20,24H,8-10,12,16-17H2,1H3/t24-/m1/s1. The van der Waals surface area contributed by atoms with Crippen molar-refractivity contribution in [3.63, 3.8) is 0 Å². The maximum absolute atomic E-state index is 13.7. The fraction of sp³-hybridized carbons (Fsp3) is 0.333. The minimum Gasteiger partial charge on any atom is -0.497 e. The van der Waals surface area contributed by atoms with Crippen LogP contribution < -0.4 is 9.47 Å². The first kappa shape index (κ1) is 23.4. The van der Waals surface area contributed by atoms with Gasteiger partial charge in [0.15, 0.2) is 0 Å². The second-order valence-corrected chi connectivity index (χ2v) is 9.82. The van der Waals surface area contributed by atoms with E-state index in [2.05, 4.69) is 6.07 Å². The van der Waals surface area contributed by atoms with E-state index in [4.69, 9.17) is 9.47 Å². The zero-order chi connectivity index (χ0) is 24.4. The number of amides is 2. The molecule has 0 N–H and O–H groups in total. The Labute approximate surface area is 207 Å². The van der Waals surface area contributed by atoms with Crippen LogP contribution in [0.5, 0.6) is 11.5 Å². The molecule has 2 aliphatic rings. The molecule has 1 atom stereocenters. The van der Waals surface area contributed by atoms with E-state index in [0.717, 1.165) is 24.8 Å². The van der Waals surface area contributed by atoms with Gasteiger partial charge in [0.1, 0.15) is 30.5 Å². The molecule has 1 aliphatic carbocycles. The number of thiophene rings is 1. The van der Waals surface area contributed by atoms with E-state index < -0.39 is 5.82 Å². The summed E-state index contributed by atoms with van der Waals surface area (Å²) in [5, 5.41) is 2.04. The number of fused-ring (bicyclic) bond motifs is 1. The number of rotatable bonds is 8. The largest absolute Gasteiger partial charge is 0.497 e. The molecule has 1 aromatic heterocycles. The molecule has 2 aromatic carbocycles. The molecular weight excluding hydrogens is 467 g/mol. The Morgan fingerprint density at radius 1 is 1.11 bits per heavy atom. The fourth-order valence-electron chi connectivity index (χ4n) is 4.52. The number of ether oxygens (including phenoxy) is 2. The van der Waals surface area contributed by atoms with Gasteiger partial charge in [-0.05, 0) is 66.6 Å². The lowest BCUT2D eigenvalue weighted by atomic mass is 10.0. The van der Waals surface area contributed by atoms with Gasteiger partial charge in [0.2, 0.25) is 5.91 Å². The van der Waals surface area contributed by atoms with Crippen LogP contribution in [-0.4, -0.2) is 54.5 Å². The number of halogens is 1. The predicted molar refractivity (Wildman–Crippen MR) is 131 cm³/mol. The van der Waals surface area contributed by atoms with Crippen LogP contribution in [0.25, 0.3) is 0 Å². The van der Waals surface area contributed by atoms with Gasteiger partial charge in [-0.1, -0.05) is 12.1 Å². The summed E-state index contributed by atoms with van der Waals surface area (Å²) in [6.07, 6.45) is 2.48. The number of nitrogens with zero attached hydrogens (tertiary/aromatic N) is 2. The molecule has 1 fully saturated rings. The molecule has 0 bridgehead atoms. The quantitative estimate of drug-likeness (QED) is 0.455. The molecule has 5 rings (SSSR count). The van der Waals surface area contributed by atoms with E-state index in [1.54, 1.807) is 29.4 Å². The molecule has 182 valence electrons. The van der Waals surface area contributed by atoms with Crippen LogP contribution in [-0.2, 0) is 11.2 Å². The molecular formula is C27H27FN2O4S. The minimum atomic E-state index is -0.464. The van der Waals surface area contributed by atoms with Crippen molar-refractivity contribution in [3.8, 4) is 11.5 Å². The maximum atomic E-state index is 13.7. The van der Waals surface area contributed by atoms with Crippen molar-refractivity contribution in [2.75, 3.05) is 26.8 Å². The SMILES string of the molecule is COc1cccc(OC[C@@H]2c3ccsc3CCN2C(=O)CN(C(=O)c2cccc(F)c2)C2CC2)c1. The molecule has 6 nitrogen and oxygen atoms in total. The Kier molecular flexibility index (Phi) is 6.72. The highest BCUT2D eigenvalue weighted by atomic mass is 32.1. The minimum absolute atomic E-state index is 0.0164. The summed E-state index contributed by atoms with van der Waals surface area (Å²) in [6.45, 7) is 0.824. The average molecular weight is 495 g/mol. The van der Waals surface area contributed by atoms with E-state index in [9.17, 15) is 14.0 Å². The first-order valence-corrected chi connectivity index (χ1v) is 12.6. The van der Waals surface area contributed by atoms with Crippen LogP contribution in [0, 0.1) is 5.82 Å². The lowest BCUT2D eigenvalue weighted by molar-refractivity contribution is -0.135. The fourth-order valence-corrected chi connectivity index (χ4v) is 5.45. The van der Waals surface area contributed by atoms with Crippen LogP contribution in [0.1, 0.15) is 39.7 Å². The molecule has 0 spiro atoms. The third kappa shape index (κ3) is 5.17. The summed E-state index contributed by atoms with van der Waals surface area (Å²) < 4.78 is 25.1. The van der Waals surface area contributed by atoms with Gasteiger partial charge in [-0.15, -0.1) is 11.3 Å². The molecule has 8 heteroatoms. The zero-order valence-electron chi connectivity index (χ0n) is 19.5. The van der Waals surface area contributed by atoms with Crippen LogP contribution in [0.4, 0.5) is 4.39 Å². The molecule has 0 radical (unpaired) electrons. The van der Waals surface area contributed by atoms with Gasteiger partial charge in [-0.3, -0.25) is 9.59 Å². The molecule has 35 heavy (non-hydrogen) atoms. The van der Waals surface area contributed by atoms with Crippen molar-refractivity contribution in [2.45, 2.75) is 31.3 Å². The summed E-state index contributed by atoms with van der Waals surface area (Å²) in [7, 11) is 1.61. The highest BCUT2D eigenvalue weighted by Crippen LogP contribution is 2.35. The average Bonchev–Trinajstić information content (AvgIpc) is 3.61. The topological polar surface area (TPSA) is 59.1 Å². The first-order chi connectivity index (χ1) is 17.0. The number of methoxy groups -OCH3 is 1. The predicted octanol–water partition coefficient (Wildman–Crippen LogP) is 4.71. The van der Waals surface area contributed by atoms with Gasteiger partial charge >= 0.3 is 0 Å². The van der Waals surface area contributed by atoms with E-state index in [0.29, 0.717) is 24.7 Å². The lowest BCUT2D eigenvalue weighted by Crippen LogP contribution is -2.48. The van der Waals surface area contributed by atoms with Gasteiger partial charge in [-0.2, -0.15) is 0 Å². The van der Waals surface area contributed by atoms with E-state index >= 15 is 0 Å². The van der Waals surface area contributed by atoms with Crippen molar-refractivity contribution >= 4 is 23.2 Å². The van der Waals surface area contributed by atoms with Crippen molar-refractivity contribution < 1.29 is 23.5 Å². The highest BCUT2D eigenvalue weighted by Gasteiger charge is 2.38. The Bertz CT molecular complexity index is 1230. The maximum Gasteiger partial charge on any atom is 0.254 e. The second kappa shape index (κ2) is 10.1. The smallest absolute Gasteiger partial charge is 0.254 e. The van der Waals surface area contributed by atoms with Gasteiger partial charge < -0.3 is 19.3 Å². The Hall–Kier alpha value is -3.39. The van der Waals surface area contributed by atoms with Crippen molar-refractivity contribution in [2.24, 2.45) is 0 Å². The third-order valence-electron chi connectivity index (χ3n) is 6.49. The Balaban J connectivity index is 1.34. The van der Waals surface area contributed by atoms with Crippen LogP contribution >= 0.6 is 11.3 Å². The monoisotopic (exact) mass is 494 g/mol. The Morgan fingerprint density at radius 3 is 2.69 bits per heavy atom. The van der Waals surface area contributed by atoms with E-state index in [-0.39, 0.29) is 36.0 Å². The number of hydrogen-bond donors (Lipinski definition) is 0. The van der Waals surface area contributed by atoms with Gasteiger partial charge in [0, 0.05) is 29.1 Å². The molecule has 1 saturated carbocycles.